The van der Waals surface area contributed by atoms with E-state index in [1.807, 2.05) is 13.8 Å². The van der Waals surface area contributed by atoms with Crippen LogP contribution in [0, 0.1) is 31.1 Å². The van der Waals surface area contributed by atoms with E-state index in [2.05, 4.69) is 26.4 Å². The number of anilines is 1. The van der Waals surface area contributed by atoms with Crippen molar-refractivity contribution < 1.29 is 4.52 Å². The van der Waals surface area contributed by atoms with Crippen molar-refractivity contribution in [2.75, 3.05) is 25.0 Å². The molecular weight excluding hydrogens is 290 g/mol. The number of nitrogens with zero attached hydrogens (tertiary/aromatic N) is 4. The van der Waals surface area contributed by atoms with Crippen molar-refractivity contribution in [3.8, 4) is 6.07 Å². The van der Waals surface area contributed by atoms with Crippen LogP contribution in [-0.2, 0) is 6.54 Å². The second kappa shape index (κ2) is 6.80. The summed E-state index contributed by atoms with van der Waals surface area (Å²) in [7, 11) is 0. The van der Waals surface area contributed by atoms with Gasteiger partial charge in [-0.2, -0.15) is 5.26 Å². The Kier molecular flexibility index (Phi) is 4.58. The molecule has 0 aromatic carbocycles. The Morgan fingerprint density at radius 3 is 3.09 bits per heavy atom. The maximum Gasteiger partial charge on any atom is 0.143 e. The summed E-state index contributed by atoms with van der Waals surface area (Å²) < 4.78 is 5.24. The summed E-state index contributed by atoms with van der Waals surface area (Å²) in [6.07, 6.45) is 2.85. The van der Waals surface area contributed by atoms with Crippen molar-refractivity contribution in [1.29, 1.82) is 5.26 Å². The zero-order valence-corrected chi connectivity index (χ0v) is 13.5. The molecular formula is C17H21N5O. The first-order valence-electron chi connectivity index (χ1n) is 7.90. The topological polar surface area (TPSA) is 78.0 Å². The van der Waals surface area contributed by atoms with Gasteiger partial charge in [-0.15, -0.1) is 0 Å². The number of nitrogens with one attached hydrogen (secondary N) is 1. The normalized spacial score (nSPS) is 18.0. The summed E-state index contributed by atoms with van der Waals surface area (Å²) >= 11 is 0. The number of pyridine rings is 1. The molecule has 1 saturated heterocycles. The fourth-order valence-electron chi connectivity index (χ4n) is 3.05. The van der Waals surface area contributed by atoms with Crippen molar-refractivity contribution in [3.63, 3.8) is 0 Å². The highest BCUT2D eigenvalue weighted by atomic mass is 16.5. The summed E-state index contributed by atoms with van der Waals surface area (Å²) in [5.41, 5.74) is 2.78. The van der Waals surface area contributed by atoms with E-state index in [1.165, 1.54) is 5.56 Å². The van der Waals surface area contributed by atoms with Gasteiger partial charge in [-0.1, -0.05) is 5.16 Å². The van der Waals surface area contributed by atoms with Crippen LogP contribution in [0.15, 0.2) is 22.9 Å². The molecule has 1 N–H and O–H groups in total. The monoisotopic (exact) mass is 311 g/mol. The second-order valence-electron chi connectivity index (χ2n) is 6.08. The van der Waals surface area contributed by atoms with Crippen LogP contribution in [0.5, 0.6) is 0 Å². The lowest BCUT2D eigenvalue weighted by Gasteiger charge is -2.16. The van der Waals surface area contributed by atoms with Crippen LogP contribution in [0.25, 0.3) is 0 Å². The molecule has 6 nitrogen and oxygen atoms in total. The highest BCUT2D eigenvalue weighted by Crippen LogP contribution is 2.22. The molecule has 120 valence electrons. The summed E-state index contributed by atoms with van der Waals surface area (Å²) in [6, 6.07) is 5.74. The lowest BCUT2D eigenvalue weighted by atomic mass is 10.1. The molecule has 1 fully saturated rings. The van der Waals surface area contributed by atoms with E-state index < -0.39 is 0 Å². The summed E-state index contributed by atoms with van der Waals surface area (Å²) in [5.74, 6) is 2.15. The molecule has 0 bridgehead atoms. The van der Waals surface area contributed by atoms with Crippen LogP contribution >= 0.6 is 0 Å². The van der Waals surface area contributed by atoms with Gasteiger partial charge >= 0.3 is 0 Å². The Labute approximate surface area is 136 Å². The van der Waals surface area contributed by atoms with Crippen molar-refractivity contribution in [2.45, 2.75) is 26.8 Å². The van der Waals surface area contributed by atoms with E-state index in [9.17, 15) is 0 Å². The van der Waals surface area contributed by atoms with Gasteiger partial charge in [0, 0.05) is 31.4 Å². The van der Waals surface area contributed by atoms with Gasteiger partial charge in [0.15, 0.2) is 0 Å². The first-order chi connectivity index (χ1) is 11.2. The van der Waals surface area contributed by atoms with E-state index in [0.29, 0.717) is 17.3 Å². The van der Waals surface area contributed by atoms with Gasteiger partial charge in [-0.3, -0.25) is 4.90 Å². The van der Waals surface area contributed by atoms with Gasteiger partial charge in [0.05, 0.1) is 11.3 Å². The maximum absolute atomic E-state index is 9.10. The van der Waals surface area contributed by atoms with Crippen LogP contribution in [0.2, 0.25) is 0 Å². The minimum atomic E-state index is 0.559. The fraction of sp³-hybridized carbons (Fsp3) is 0.471. The predicted molar refractivity (Wildman–Crippen MR) is 86.8 cm³/mol. The largest absolute Gasteiger partial charge is 0.369 e. The highest BCUT2D eigenvalue weighted by molar-refractivity contribution is 5.51. The number of aromatic nitrogens is 2. The molecule has 0 aliphatic carbocycles. The SMILES string of the molecule is Cc1noc(C)c1CN1CCC(CNc2ncccc2C#N)C1. The van der Waals surface area contributed by atoms with E-state index in [-0.39, 0.29) is 0 Å². The Bertz CT molecular complexity index is 699. The van der Waals surface area contributed by atoms with E-state index >= 15 is 0 Å². The number of hydrogen-bond acceptors (Lipinski definition) is 6. The third-order valence-electron chi connectivity index (χ3n) is 4.42. The molecule has 1 unspecified atom stereocenters. The number of nitriles is 1. The van der Waals surface area contributed by atoms with Crippen molar-refractivity contribution >= 4 is 5.82 Å². The van der Waals surface area contributed by atoms with Gasteiger partial charge in [0.2, 0.25) is 0 Å². The molecule has 2 aromatic rings. The molecule has 3 rings (SSSR count). The van der Waals surface area contributed by atoms with Crippen molar-refractivity contribution in [2.24, 2.45) is 5.92 Å². The third-order valence-corrected chi connectivity index (χ3v) is 4.42. The fourth-order valence-corrected chi connectivity index (χ4v) is 3.05. The van der Waals surface area contributed by atoms with E-state index in [1.54, 1.807) is 18.3 Å². The summed E-state index contributed by atoms with van der Waals surface area (Å²) in [6.45, 7) is 7.80. The van der Waals surface area contributed by atoms with Gasteiger partial charge < -0.3 is 9.84 Å². The second-order valence-corrected chi connectivity index (χ2v) is 6.08. The Morgan fingerprint density at radius 1 is 1.48 bits per heavy atom. The predicted octanol–water partition coefficient (Wildman–Crippen LogP) is 2.49. The number of rotatable bonds is 5. The zero-order chi connectivity index (χ0) is 16.2. The van der Waals surface area contributed by atoms with Crippen LogP contribution in [0.3, 0.4) is 0 Å². The Balaban J connectivity index is 1.53. The molecule has 3 heterocycles. The summed E-state index contributed by atoms with van der Waals surface area (Å²) in [5, 5.41) is 16.4. The van der Waals surface area contributed by atoms with Gasteiger partial charge in [-0.25, -0.2) is 4.98 Å². The number of likely N-dealkylation sites (tertiary alicyclic amines) is 1. The maximum atomic E-state index is 9.10. The van der Waals surface area contributed by atoms with E-state index in [4.69, 9.17) is 9.78 Å². The molecule has 23 heavy (non-hydrogen) atoms. The average molecular weight is 311 g/mol. The first-order valence-corrected chi connectivity index (χ1v) is 7.90. The van der Waals surface area contributed by atoms with Crippen LogP contribution in [0.4, 0.5) is 5.82 Å². The Hall–Kier alpha value is -2.39. The average Bonchev–Trinajstić information content (AvgIpc) is 3.15. The summed E-state index contributed by atoms with van der Waals surface area (Å²) in [4.78, 5) is 6.68. The molecule has 0 spiro atoms. The molecule has 0 amide bonds. The standard InChI is InChI=1S/C17H21N5O/c1-12-16(13(2)23-21-12)11-22-7-5-14(10-22)9-20-17-15(8-18)4-3-6-19-17/h3-4,6,14H,5,7,9-11H2,1-2H3,(H,19,20). The first kappa shape index (κ1) is 15.5. The lowest BCUT2D eigenvalue weighted by molar-refractivity contribution is 0.315. The highest BCUT2D eigenvalue weighted by Gasteiger charge is 2.24. The van der Waals surface area contributed by atoms with Gasteiger partial charge in [-0.05, 0) is 44.9 Å². The van der Waals surface area contributed by atoms with Crippen molar-refractivity contribution in [3.05, 3.63) is 40.9 Å². The lowest BCUT2D eigenvalue weighted by Crippen LogP contribution is -2.23. The van der Waals surface area contributed by atoms with Gasteiger partial charge in [0.25, 0.3) is 0 Å². The van der Waals surface area contributed by atoms with Crippen LogP contribution in [-0.4, -0.2) is 34.7 Å². The molecule has 1 aliphatic rings. The minimum Gasteiger partial charge on any atom is -0.369 e. The molecule has 6 heteroatoms. The number of aryl methyl sites for hydroxylation is 2. The van der Waals surface area contributed by atoms with Crippen LogP contribution in [0.1, 0.15) is 29.0 Å². The van der Waals surface area contributed by atoms with Crippen molar-refractivity contribution in [1.82, 2.24) is 15.0 Å². The van der Waals surface area contributed by atoms with Gasteiger partial charge in [0.1, 0.15) is 17.6 Å². The Morgan fingerprint density at radius 2 is 2.35 bits per heavy atom. The van der Waals surface area contributed by atoms with E-state index in [0.717, 1.165) is 44.1 Å². The molecule has 1 atom stereocenters. The third kappa shape index (κ3) is 3.51. The number of hydrogen-bond donors (Lipinski definition) is 1. The smallest absolute Gasteiger partial charge is 0.143 e. The quantitative estimate of drug-likeness (QED) is 0.914. The molecule has 2 aromatic heterocycles. The minimum absolute atomic E-state index is 0.559. The zero-order valence-electron chi connectivity index (χ0n) is 13.5. The molecule has 0 radical (unpaired) electrons. The molecule has 1 aliphatic heterocycles. The molecule has 0 saturated carbocycles. The van der Waals surface area contributed by atoms with Crippen LogP contribution < -0.4 is 5.32 Å².